The van der Waals surface area contributed by atoms with Crippen LogP contribution >= 0.6 is 12.2 Å². The van der Waals surface area contributed by atoms with Crippen molar-refractivity contribution in [1.29, 1.82) is 0 Å². The highest BCUT2D eigenvalue weighted by molar-refractivity contribution is 7.80. The zero-order valence-corrected chi connectivity index (χ0v) is 17.1. The maximum absolute atomic E-state index is 12.5. The van der Waals surface area contributed by atoms with E-state index in [1.807, 2.05) is 20.8 Å². The molecule has 0 spiro atoms. The molecule has 0 aliphatic carbocycles. The largest absolute Gasteiger partial charge is 0.494 e. The smallest absolute Gasteiger partial charge is 0.257 e. The van der Waals surface area contributed by atoms with Gasteiger partial charge >= 0.3 is 0 Å². The van der Waals surface area contributed by atoms with Crippen LogP contribution in [0.3, 0.4) is 0 Å². The van der Waals surface area contributed by atoms with E-state index in [-0.39, 0.29) is 16.9 Å². The summed E-state index contributed by atoms with van der Waals surface area (Å²) in [5.41, 5.74) is 1.64. The fourth-order valence-corrected chi connectivity index (χ4v) is 2.87. The Balaban J connectivity index is 2.03. The Bertz CT molecular complexity index is 850. The number of rotatable bonds is 7. The second kappa shape index (κ2) is 10.4. The summed E-state index contributed by atoms with van der Waals surface area (Å²) >= 11 is 5.23. The van der Waals surface area contributed by atoms with Gasteiger partial charge in [0.1, 0.15) is 5.75 Å². The van der Waals surface area contributed by atoms with Crippen molar-refractivity contribution in [3.63, 3.8) is 0 Å². The lowest BCUT2D eigenvalue weighted by Crippen LogP contribution is -2.34. The van der Waals surface area contributed by atoms with Crippen molar-refractivity contribution in [1.82, 2.24) is 10.2 Å². The topological polar surface area (TPSA) is 70.7 Å². The number of hydrogen-bond donors (Lipinski definition) is 2. The Labute approximate surface area is 170 Å². The van der Waals surface area contributed by atoms with E-state index in [1.54, 1.807) is 53.4 Å². The maximum atomic E-state index is 12.5. The van der Waals surface area contributed by atoms with Gasteiger partial charge in [0.15, 0.2) is 5.11 Å². The zero-order chi connectivity index (χ0) is 20.5. The van der Waals surface area contributed by atoms with Crippen molar-refractivity contribution in [2.24, 2.45) is 0 Å². The number of nitrogens with zero attached hydrogens (tertiary/aromatic N) is 1. The second-order valence-electron chi connectivity index (χ2n) is 5.93. The van der Waals surface area contributed by atoms with Gasteiger partial charge in [-0.1, -0.05) is 12.1 Å². The number of ether oxygens (including phenoxy) is 1. The van der Waals surface area contributed by atoms with Gasteiger partial charge in [-0.3, -0.25) is 14.9 Å². The number of amides is 2. The van der Waals surface area contributed by atoms with Gasteiger partial charge < -0.3 is 15.0 Å². The highest BCUT2D eigenvalue weighted by atomic mass is 32.1. The average Bonchev–Trinajstić information content (AvgIpc) is 2.69. The molecule has 0 aliphatic heterocycles. The Morgan fingerprint density at radius 2 is 1.68 bits per heavy atom. The summed E-state index contributed by atoms with van der Waals surface area (Å²) in [5, 5.41) is 5.74. The van der Waals surface area contributed by atoms with Crippen LogP contribution in [0.5, 0.6) is 5.75 Å². The molecule has 0 fully saturated rings. The molecule has 28 heavy (non-hydrogen) atoms. The predicted molar refractivity (Wildman–Crippen MR) is 115 cm³/mol. The standard InChI is InChI=1S/C21H25N3O3S/c1-4-24(5-2)20(26)16-10-7-11-17(13-16)22-21(28)23-19(25)15-9-8-12-18(14-15)27-6-3/h7-14H,4-6H2,1-3H3,(H2,22,23,25,28). The first-order valence-corrected chi connectivity index (χ1v) is 9.63. The molecule has 0 saturated heterocycles. The van der Waals surface area contributed by atoms with Crippen LogP contribution in [0.1, 0.15) is 41.5 Å². The monoisotopic (exact) mass is 399 g/mol. The molecule has 0 radical (unpaired) electrons. The van der Waals surface area contributed by atoms with Crippen LogP contribution < -0.4 is 15.4 Å². The molecule has 0 bridgehead atoms. The van der Waals surface area contributed by atoms with Gasteiger partial charge in [-0.2, -0.15) is 0 Å². The van der Waals surface area contributed by atoms with Gasteiger partial charge in [0.05, 0.1) is 6.61 Å². The van der Waals surface area contributed by atoms with Gasteiger partial charge in [0, 0.05) is 29.9 Å². The third-order valence-corrected chi connectivity index (χ3v) is 4.26. The highest BCUT2D eigenvalue weighted by Crippen LogP contribution is 2.15. The summed E-state index contributed by atoms with van der Waals surface area (Å²) in [7, 11) is 0. The van der Waals surface area contributed by atoms with Gasteiger partial charge in [-0.25, -0.2) is 0 Å². The van der Waals surface area contributed by atoms with Crippen LogP contribution in [0.15, 0.2) is 48.5 Å². The minimum Gasteiger partial charge on any atom is -0.494 e. The van der Waals surface area contributed by atoms with E-state index in [1.165, 1.54) is 0 Å². The third-order valence-electron chi connectivity index (χ3n) is 4.05. The molecule has 2 rings (SSSR count). The van der Waals surface area contributed by atoms with E-state index < -0.39 is 0 Å². The minimum atomic E-state index is -0.338. The van der Waals surface area contributed by atoms with Crippen molar-refractivity contribution in [3.05, 3.63) is 59.7 Å². The summed E-state index contributed by atoms with van der Waals surface area (Å²) in [6, 6.07) is 13.9. The van der Waals surface area contributed by atoms with E-state index in [0.29, 0.717) is 42.3 Å². The van der Waals surface area contributed by atoms with E-state index in [9.17, 15) is 9.59 Å². The number of carbonyl (C=O) groups is 2. The van der Waals surface area contributed by atoms with Crippen LogP contribution in [0.2, 0.25) is 0 Å². The Hall–Kier alpha value is -2.93. The van der Waals surface area contributed by atoms with Crippen LogP contribution in [0.25, 0.3) is 0 Å². The van der Waals surface area contributed by atoms with Crippen molar-refractivity contribution in [3.8, 4) is 5.75 Å². The number of thiocarbonyl (C=S) groups is 1. The normalized spacial score (nSPS) is 10.1. The second-order valence-corrected chi connectivity index (χ2v) is 6.34. The van der Waals surface area contributed by atoms with Crippen LogP contribution in [-0.2, 0) is 0 Å². The summed E-state index contributed by atoms with van der Waals surface area (Å²) in [5.74, 6) is 0.238. The highest BCUT2D eigenvalue weighted by Gasteiger charge is 2.13. The molecule has 0 aliphatic rings. The quantitative estimate of drug-likeness (QED) is 0.695. The van der Waals surface area contributed by atoms with Gasteiger partial charge in [0.25, 0.3) is 11.8 Å². The SMILES string of the molecule is CCOc1cccc(C(=O)NC(=S)Nc2cccc(C(=O)N(CC)CC)c2)c1. The Morgan fingerprint density at radius 3 is 2.36 bits per heavy atom. The number of anilines is 1. The molecule has 2 aromatic rings. The fourth-order valence-electron chi connectivity index (χ4n) is 2.65. The van der Waals surface area contributed by atoms with E-state index >= 15 is 0 Å². The Kier molecular flexibility index (Phi) is 7.95. The number of nitrogens with one attached hydrogen (secondary N) is 2. The summed E-state index contributed by atoms with van der Waals surface area (Å²) in [6.45, 7) is 7.56. The lowest BCUT2D eigenvalue weighted by molar-refractivity contribution is 0.0772. The molecule has 148 valence electrons. The molecule has 0 heterocycles. The fraction of sp³-hybridized carbons (Fsp3) is 0.286. The third kappa shape index (κ3) is 5.79. The lowest BCUT2D eigenvalue weighted by Gasteiger charge is -2.19. The van der Waals surface area contributed by atoms with Gasteiger partial charge in [-0.15, -0.1) is 0 Å². The molecular formula is C21H25N3O3S. The summed E-state index contributed by atoms with van der Waals surface area (Å²) < 4.78 is 5.41. The predicted octanol–water partition coefficient (Wildman–Crippen LogP) is 3.69. The molecule has 2 amide bonds. The van der Waals surface area contributed by atoms with Crippen molar-refractivity contribution >= 4 is 34.8 Å². The molecule has 7 heteroatoms. The number of carbonyl (C=O) groups excluding carboxylic acids is 2. The van der Waals surface area contributed by atoms with Gasteiger partial charge in [0.2, 0.25) is 0 Å². The van der Waals surface area contributed by atoms with Crippen LogP contribution in [0, 0.1) is 0 Å². The minimum absolute atomic E-state index is 0.0451. The lowest BCUT2D eigenvalue weighted by atomic mass is 10.1. The van der Waals surface area contributed by atoms with E-state index in [2.05, 4.69) is 10.6 Å². The number of benzene rings is 2. The van der Waals surface area contributed by atoms with Crippen molar-refractivity contribution < 1.29 is 14.3 Å². The average molecular weight is 400 g/mol. The molecule has 0 saturated carbocycles. The van der Waals surface area contributed by atoms with Crippen LogP contribution in [-0.4, -0.2) is 41.5 Å². The Morgan fingerprint density at radius 1 is 1.00 bits per heavy atom. The summed E-state index contributed by atoms with van der Waals surface area (Å²) in [4.78, 5) is 26.6. The van der Waals surface area contributed by atoms with Crippen molar-refractivity contribution in [2.45, 2.75) is 20.8 Å². The van der Waals surface area contributed by atoms with E-state index in [0.717, 1.165) is 0 Å². The van der Waals surface area contributed by atoms with E-state index in [4.69, 9.17) is 17.0 Å². The first-order chi connectivity index (χ1) is 13.5. The maximum Gasteiger partial charge on any atom is 0.257 e. The zero-order valence-electron chi connectivity index (χ0n) is 16.3. The molecule has 0 aromatic heterocycles. The molecule has 2 N–H and O–H groups in total. The van der Waals surface area contributed by atoms with Gasteiger partial charge in [-0.05, 0) is 69.4 Å². The van der Waals surface area contributed by atoms with Crippen molar-refractivity contribution in [2.75, 3.05) is 25.0 Å². The number of hydrogen-bond acceptors (Lipinski definition) is 4. The van der Waals surface area contributed by atoms with Crippen LogP contribution in [0.4, 0.5) is 5.69 Å². The molecule has 0 unspecified atom stereocenters. The summed E-state index contributed by atoms with van der Waals surface area (Å²) in [6.07, 6.45) is 0. The molecule has 0 atom stereocenters. The molecular weight excluding hydrogens is 374 g/mol. The molecule has 6 nitrogen and oxygen atoms in total. The first-order valence-electron chi connectivity index (χ1n) is 9.23. The molecule has 2 aromatic carbocycles. The first kappa shape index (κ1) is 21.4.